The molecule has 2 amide bonds. The lowest BCUT2D eigenvalue weighted by Gasteiger charge is -2.26. The summed E-state index contributed by atoms with van der Waals surface area (Å²) in [5.41, 5.74) is 1.57. The number of benzene rings is 2. The predicted molar refractivity (Wildman–Crippen MR) is 178 cm³/mol. The maximum Gasteiger partial charge on any atom is 0.347 e. The highest BCUT2D eigenvalue weighted by Gasteiger charge is 2.32. The summed E-state index contributed by atoms with van der Waals surface area (Å²) < 4.78 is 16.8. The zero-order valence-corrected chi connectivity index (χ0v) is 28.3. The second-order valence-corrected chi connectivity index (χ2v) is 12.6. The Morgan fingerprint density at radius 2 is 1.67 bits per heavy atom. The van der Waals surface area contributed by atoms with Crippen LogP contribution in [0.3, 0.4) is 0 Å². The number of ether oxygens (including phenoxy) is 3. The van der Waals surface area contributed by atoms with E-state index in [0.717, 1.165) is 5.56 Å². The molecule has 248 valence electrons. The van der Waals surface area contributed by atoms with Gasteiger partial charge in [0.25, 0.3) is 0 Å². The third kappa shape index (κ3) is 11.2. The standard InChI is InChI=1S/C35H42Cl2N2O7/c1-21(2)16-30-35(43)45-29(22(3)14-15-24-10-7-6-8-11-24)12-9-13-31(40)39-28(33(41)38-20-23(4)34(42)46-30)19-25-17-26(36)32(44-5)27(37)18-25/h6-11,13-15,17-18,21-23,28-30H,12,16,19-20H2,1-5H3,(H,38,41)(H,39,40)/b13-9+,15-14+/t22-,23-,28-,29+,30+/m1/s1. The van der Waals surface area contributed by atoms with Gasteiger partial charge >= 0.3 is 11.9 Å². The van der Waals surface area contributed by atoms with E-state index in [2.05, 4.69) is 10.6 Å². The molecule has 0 bridgehead atoms. The molecule has 2 N–H and O–H groups in total. The quantitative estimate of drug-likeness (QED) is 0.332. The number of hydrogen-bond donors (Lipinski definition) is 2. The molecule has 0 spiro atoms. The molecule has 0 unspecified atom stereocenters. The van der Waals surface area contributed by atoms with E-state index in [1.54, 1.807) is 25.1 Å². The number of halogens is 2. The Kier molecular flexibility index (Phi) is 14.2. The van der Waals surface area contributed by atoms with Crippen LogP contribution in [0.25, 0.3) is 6.08 Å². The van der Waals surface area contributed by atoms with Crippen LogP contribution in [0.15, 0.2) is 60.7 Å². The van der Waals surface area contributed by atoms with Crippen molar-refractivity contribution < 1.29 is 33.4 Å². The van der Waals surface area contributed by atoms with Crippen molar-refractivity contribution in [3.63, 3.8) is 0 Å². The predicted octanol–water partition coefficient (Wildman–Crippen LogP) is 5.96. The largest absolute Gasteiger partial charge is 0.494 e. The van der Waals surface area contributed by atoms with Crippen LogP contribution in [0, 0.1) is 17.8 Å². The van der Waals surface area contributed by atoms with Gasteiger partial charge in [-0.2, -0.15) is 0 Å². The van der Waals surface area contributed by atoms with E-state index in [1.807, 2.05) is 63.3 Å². The number of hydrogen-bond acceptors (Lipinski definition) is 7. The van der Waals surface area contributed by atoms with E-state index < -0.39 is 47.9 Å². The van der Waals surface area contributed by atoms with Crippen molar-refractivity contribution in [2.45, 2.75) is 65.2 Å². The Hall–Kier alpha value is -3.82. The van der Waals surface area contributed by atoms with Crippen LogP contribution in [-0.2, 0) is 35.1 Å². The molecule has 0 fully saturated rings. The summed E-state index contributed by atoms with van der Waals surface area (Å²) in [5, 5.41) is 5.95. The third-order valence-electron chi connectivity index (χ3n) is 7.41. The van der Waals surface area contributed by atoms with Gasteiger partial charge in [0, 0.05) is 25.3 Å². The number of cyclic esters (lactones) is 2. The van der Waals surface area contributed by atoms with Crippen LogP contribution in [0.1, 0.15) is 51.7 Å². The zero-order valence-electron chi connectivity index (χ0n) is 26.8. The molecule has 0 aromatic heterocycles. The number of nitrogens with one attached hydrogen (secondary N) is 2. The average molecular weight is 674 g/mol. The second-order valence-electron chi connectivity index (χ2n) is 11.8. The number of carbonyl (C=O) groups is 4. The molecule has 3 rings (SSSR count). The fourth-order valence-electron chi connectivity index (χ4n) is 4.78. The number of esters is 2. The monoisotopic (exact) mass is 672 g/mol. The minimum atomic E-state index is -1.13. The molecule has 0 radical (unpaired) electrons. The maximum absolute atomic E-state index is 13.4. The van der Waals surface area contributed by atoms with Crippen LogP contribution < -0.4 is 15.4 Å². The topological polar surface area (TPSA) is 120 Å². The fourth-order valence-corrected chi connectivity index (χ4v) is 5.47. The smallest absolute Gasteiger partial charge is 0.347 e. The summed E-state index contributed by atoms with van der Waals surface area (Å²) >= 11 is 12.6. The zero-order chi connectivity index (χ0) is 33.8. The fraction of sp³-hybridized carbons (Fsp3) is 0.429. The van der Waals surface area contributed by atoms with Crippen molar-refractivity contribution in [1.29, 1.82) is 0 Å². The van der Waals surface area contributed by atoms with Crippen LogP contribution in [0.2, 0.25) is 10.0 Å². The molecule has 46 heavy (non-hydrogen) atoms. The van der Waals surface area contributed by atoms with E-state index in [9.17, 15) is 19.2 Å². The molecular weight excluding hydrogens is 631 g/mol. The molecule has 2 aromatic rings. The molecule has 1 aliphatic rings. The van der Waals surface area contributed by atoms with Crippen LogP contribution in [-0.4, -0.2) is 55.7 Å². The molecule has 1 aliphatic heterocycles. The van der Waals surface area contributed by atoms with Crippen molar-refractivity contribution in [1.82, 2.24) is 10.6 Å². The van der Waals surface area contributed by atoms with Crippen molar-refractivity contribution >= 4 is 53.0 Å². The average Bonchev–Trinajstić information content (AvgIpc) is 3.00. The van der Waals surface area contributed by atoms with Crippen molar-refractivity contribution in [2.75, 3.05) is 13.7 Å². The van der Waals surface area contributed by atoms with Gasteiger partial charge in [0.1, 0.15) is 12.1 Å². The van der Waals surface area contributed by atoms with Crippen LogP contribution >= 0.6 is 23.2 Å². The first-order valence-electron chi connectivity index (χ1n) is 15.3. The van der Waals surface area contributed by atoms with Gasteiger partial charge in [-0.15, -0.1) is 0 Å². The van der Waals surface area contributed by atoms with Gasteiger partial charge in [-0.25, -0.2) is 4.79 Å². The van der Waals surface area contributed by atoms with Gasteiger partial charge in [0.2, 0.25) is 11.8 Å². The Balaban J connectivity index is 1.91. The van der Waals surface area contributed by atoms with E-state index >= 15 is 0 Å². The highest BCUT2D eigenvalue weighted by atomic mass is 35.5. The number of methoxy groups -OCH3 is 1. The first-order valence-corrected chi connectivity index (χ1v) is 16.0. The first-order chi connectivity index (χ1) is 21.9. The van der Waals surface area contributed by atoms with E-state index in [-0.39, 0.29) is 47.7 Å². The first kappa shape index (κ1) is 36.6. The summed E-state index contributed by atoms with van der Waals surface area (Å²) in [5.74, 6) is -3.08. The SMILES string of the molecule is COc1c(Cl)cc(C[C@H]2NC(=O)/C=C/C[C@@H]([C@H](C)/C=C/c3ccccc3)OC(=O)[C@H](CC(C)C)OC(=O)[C@H](C)CNC2=O)cc1Cl. The lowest BCUT2D eigenvalue weighted by molar-refractivity contribution is -0.175. The minimum Gasteiger partial charge on any atom is -0.494 e. The Morgan fingerprint density at radius 1 is 1.00 bits per heavy atom. The summed E-state index contributed by atoms with van der Waals surface area (Å²) in [6.45, 7) is 7.23. The summed E-state index contributed by atoms with van der Waals surface area (Å²) in [6, 6.07) is 11.9. The number of amides is 2. The minimum absolute atomic E-state index is 0.0316. The van der Waals surface area contributed by atoms with E-state index in [4.69, 9.17) is 37.4 Å². The lowest BCUT2D eigenvalue weighted by Crippen LogP contribution is -2.49. The van der Waals surface area contributed by atoms with Crippen LogP contribution in [0.5, 0.6) is 5.75 Å². The molecule has 0 aliphatic carbocycles. The molecular formula is C35H42Cl2N2O7. The summed E-state index contributed by atoms with van der Waals surface area (Å²) in [6.07, 6.45) is 5.48. The van der Waals surface area contributed by atoms with Crippen molar-refractivity contribution in [3.05, 3.63) is 81.9 Å². The number of carbonyl (C=O) groups excluding carboxylic acids is 4. The maximum atomic E-state index is 13.4. The molecule has 1 heterocycles. The van der Waals surface area contributed by atoms with Crippen molar-refractivity contribution in [2.24, 2.45) is 17.8 Å². The van der Waals surface area contributed by atoms with Gasteiger partial charge in [-0.05, 0) is 41.7 Å². The highest BCUT2D eigenvalue weighted by Crippen LogP contribution is 2.34. The van der Waals surface area contributed by atoms with Gasteiger partial charge in [-0.3, -0.25) is 14.4 Å². The molecule has 9 nitrogen and oxygen atoms in total. The van der Waals surface area contributed by atoms with Gasteiger partial charge < -0.3 is 24.8 Å². The Bertz CT molecular complexity index is 1400. The van der Waals surface area contributed by atoms with E-state index in [1.165, 1.54) is 13.2 Å². The third-order valence-corrected chi connectivity index (χ3v) is 7.97. The van der Waals surface area contributed by atoms with Gasteiger partial charge in [0.15, 0.2) is 11.9 Å². The molecule has 0 saturated heterocycles. The Morgan fingerprint density at radius 3 is 2.30 bits per heavy atom. The Labute approximate surface area is 280 Å². The second kappa shape index (κ2) is 17.8. The molecule has 5 atom stereocenters. The molecule has 0 saturated carbocycles. The molecule has 2 aromatic carbocycles. The highest BCUT2D eigenvalue weighted by molar-refractivity contribution is 6.37. The summed E-state index contributed by atoms with van der Waals surface area (Å²) in [7, 11) is 1.44. The van der Waals surface area contributed by atoms with Gasteiger partial charge in [0.05, 0.1) is 23.1 Å². The summed E-state index contributed by atoms with van der Waals surface area (Å²) in [4.78, 5) is 52.8. The number of rotatable bonds is 8. The lowest BCUT2D eigenvalue weighted by atomic mass is 9.99. The normalized spacial score (nSPS) is 23.3. The van der Waals surface area contributed by atoms with E-state index in [0.29, 0.717) is 11.3 Å². The molecule has 11 heteroatoms. The van der Waals surface area contributed by atoms with Gasteiger partial charge in [-0.1, -0.05) is 99.5 Å². The van der Waals surface area contributed by atoms with Crippen molar-refractivity contribution in [3.8, 4) is 5.75 Å². The van der Waals surface area contributed by atoms with Crippen LogP contribution in [0.4, 0.5) is 0 Å².